The normalized spacial score (nSPS) is 30.5. The Morgan fingerprint density at radius 2 is 2.13 bits per heavy atom. The van der Waals surface area contributed by atoms with Crippen LogP contribution in [0.3, 0.4) is 0 Å². The molecule has 1 amide bonds. The molecule has 0 bridgehead atoms. The lowest BCUT2D eigenvalue weighted by molar-refractivity contribution is -0.116. The van der Waals surface area contributed by atoms with Crippen molar-refractivity contribution in [2.45, 2.75) is 70.5 Å². The summed E-state index contributed by atoms with van der Waals surface area (Å²) in [5.74, 6) is 6.23. The topological polar surface area (TPSA) is 97.8 Å². The number of carbonyl (C=O) groups is 2. The number of pyridine rings is 1. The van der Waals surface area contributed by atoms with Gasteiger partial charge in [0.15, 0.2) is 0 Å². The zero-order valence-electron chi connectivity index (χ0n) is 22.8. The third-order valence-corrected chi connectivity index (χ3v) is 9.25. The highest BCUT2D eigenvalue weighted by Gasteiger charge is 2.64. The van der Waals surface area contributed by atoms with Gasteiger partial charge in [-0.05, 0) is 93.2 Å². The molecule has 7 nitrogen and oxygen atoms in total. The molecule has 7 heteroatoms. The number of aromatic nitrogens is 1. The number of hydrogen-bond donors (Lipinski definition) is 2. The molecule has 1 aromatic heterocycles. The summed E-state index contributed by atoms with van der Waals surface area (Å²) in [6.07, 6.45) is 5.61. The minimum atomic E-state index is -1.13. The van der Waals surface area contributed by atoms with E-state index in [1.54, 1.807) is 19.2 Å². The number of benzene rings is 1. The van der Waals surface area contributed by atoms with Crippen LogP contribution in [0.25, 0.3) is 0 Å². The molecule has 0 spiro atoms. The number of nitrogens with zero attached hydrogens (tertiary/aromatic N) is 1. The third kappa shape index (κ3) is 4.72. The fraction of sp³-hybridized carbons (Fsp3) is 0.469. The molecular formula is C32H36N2O5. The molecule has 3 aliphatic rings. The molecule has 3 aliphatic carbocycles. The molecular weight excluding hydrogens is 492 g/mol. The van der Waals surface area contributed by atoms with E-state index in [0.29, 0.717) is 24.1 Å². The van der Waals surface area contributed by atoms with Crippen LogP contribution in [0.5, 0.6) is 0 Å². The van der Waals surface area contributed by atoms with E-state index in [9.17, 15) is 14.7 Å². The largest absolute Gasteiger partial charge is 0.508 e. The van der Waals surface area contributed by atoms with Crippen molar-refractivity contribution < 1.29 is 24.2 Å². The van der Waals surface area contributed by atoms with Gasteiger partial charge in [-0.1, -0.05) is 31.6 Å². The quantitative estimate of drug-likeness (QED) is 0.299. The number of rotatable bonds is 5. The van der Waals surface area contributed by atoms with Gasteiger partial charge in [0.25, 0.3) is 5.91 Å². The minimum Gasteiger partial charge on any atom is -0.430 e. The molecule has 204 valence electrons. The van der Waals surface area contributed by atoms with Crippen molar-refractivity contribution in [3.63, 3.8) is 0 Å². The van der Waals surface area contributed by atoms with E-state index in [0.717, 1.165) is 36.1 Å². The van der Waals surface area contributed by atoms with Gasteiger partial charge < -0.3 is 19.9 Å². The fourth-order valence-corrected chi connectivity index (χ4v) is 7.40. The molecule has 0 radical (unpaired) electrons. The number of hydrogen-bond acceptors (Lipinski definition) is 6. The number of aliphatic hydroxyl groups is 1. The number of carbonyl (C=O) groups excluding carboxylic acids is 2. The van der Waals surface area contributed by atoms with E-state index in [1.165, 1.54) is 6.08 Å². The lowest BCUT2D eigenvalue weighted by Crippen LogP contribution is -2.55. The summed E-state index contributed by atoms with van der Waals surface area (Å²) < 4.78 is 11.2. The molecule has 0 unspecified atom stereocenters. The van der Waals surface area contributed by atoms with Gasteiger partial charge in [-0.2, -0.15) is 0 Å². The second kappa shape index (κ2) is 10.5. The van der Waals surface area contributed by atoms with Crippen LogP contribution >= 0.6 is 0 Å². The first kappa shape index (κ1) is 27.0. The van der Waals surface area contributed by atoms with Crippen LogP contribution in [0.1, 0.15) is 72.6 Å². The van der Waals surface area contributed by atoms with E-state index in [-0.39, 0.29) is 30.3 Å². The van der Waals surface area contributed by atoms with Gasteiger partial charge >= 0.3 is 6.16 Å². The monoisotopic (exact) mass is 528 g/mol. The van der Waals surface area contributed by atoms with Crippen molar-refractivity contribution in [1.29, 1.82) is 0 Å². The molecule has 39 heavy (non-hydrogen) atoms. The minimum absolute atomic E-state index is 0.0577. The second-order valence-corrected chi connectivity index (χ2v) is 11.2. The molecule has 2 aromatic rings. The zero-order valence-corrected chi connectivity index (χ0v) is 22.8. The maximum Gasteiger partial charge on any atom is 0.508 e. The average molecular weight is 529 g/mol. The van der Waals surface area contributed by atoms with Crippen LogP contribution in [0, 0.1) is 36.0 Å². The van der Waals surface area contributed by atoms with Crippen LogP contribution < -0.4 is 5.32 Å². The van der Waals surface area contributed by atoms with Gasteiger partial charge in [-0.15, -0.1) is 5.92 Å². The van der Waals surface area contributed by atoms with Crippen molar-refractivity contribution >= 4 is 17.7 Å². The smallest absolute Gasteiger partial charge is 0.430 e. The predicted octanol–water partition coefficient (Wildman–Crippen LogP) is 5.57. The van der Waals surface area contributed by atoms with Crippen molar-refractivity contribution in [2.24, 2.45) is 17.3 Å². The first-order valence-corrected chi connectivity index (χ1v) is 13.7. The Morgan fingerprint density at radius 1 is 1.31 bits per heavy atom. The molecule has 6 atom stereocenters. The van der Waals surface area contributed by atoms with Gasteiger partial charge in [0.1, 0.15) is 18.3 Å². The number of nitrogens with one attached hydrogen (secondary N) is 1. The molecule has 1 aromatic carbocycles. The SMILES string of the molecule is C=CCOC(=O)O[C@H]1C[C@@]2(C)[C@@H](CC[C@@]2(O)C#CC)[C@@H]2CCc3cc(C(=O)Nc4cccnc4C)ccc3[C@H]21. The van der Waals surface area contributed by atoms with Crippen LogP contribution in [-0.4, -0.2) is 40.5 Å². The summed E-state index contributed by atoms with van der Waals surface area (Å²) in [5, 5.41) is 14.6. The number of ether oxygens (including phenoxy) is 2. The molecule has 0 saturated heterocycles. The highest BCUT2D eigenvalue weighted by molar-refractivity contribution is 6.04. The third-order valence-electron chi connectivity index (χ3n) is 9.25. The predicted molar refractivity (Wildman–Crippen MR) is 148 cm³/mol. The standard InChI is InChI=1S/C32H36N2O5/c1-5-14-32(37)15-13-25-24-12-9-21-18-22(29(35)34-26-8-7-16-33-20(26)3)10-11-23(21)28(24)27(19-31(25,32)4)39-30(36)38-17-6-2/h6-8,10-11,16,18,24-25,27-28,37H,2,9,12-13,15,17,19H2,1,3-4H3,(H,34,35)/t24-,25-,27-,28+,31-,32-/m0/s1. The van der Waals surface area contributed by atoms with E-state index >= 15 is 0 Å². The second-order valence-electron chi connectivity index (χ2n) is 11.2. The van der Waals surface area contributed by atoms with Crippen molar-refractivity contribution in [3.8, 4) is 11.8 Å². The Balaban J connectivity index is 1.48. The molecule has 5 rings (SSSR count). The van der Waals surface area contributed by atoms with E-state index in [1.807, 2.05) is 31.2 Å². The Morgan fingerprint density at radius 3 is 2.87 bits per heavy atom. The number of fused-ring (bicyclic) bond motifs is 5. The highest BCUT2D eigenvalue weighted by atomic mass is 16.7. The van der Waals surface area contributed by atoms with Gasteiger partial charge in [0, 0.05) is 23.1 Å². The molecule has 0 aliphatic heterocycles. The van der Waals surface area contributed by atoms with Gasteiger partial charge in [-0.3, -0.25) is 9.78 Å². The van der Waals surface area contributed by atoms with E-state index in [2.05, 4.69) is 35.6 Å². The Hall–Kier alpha value is -3.63. The first-order valence-electron chi connectivity index (χ1n) is 13.7. The number of amides is 1. The number of anilines is 1. The Labute approximate surface area is 230 Å². The van der Waals surface area contributed by atoms with E-state index in [4.69, 9.17) is 9.47 Å². The summed E-state index contributed by atoms with van der Waals surface area (Å²) in [6.45, 7) is 9.38. The first-order chi connectivity index (χ1) is 18.7. The van der Waals surface area contributed by atoms with Gasteiger partial charge in [0.2, 0.25) is 0 Å². The van der Waals surface area contributed by atoms with Crippen LogP contribution in [0.4, 0.5) is 10.5 Å². The van der Waals surface area contributed by atoms with Crippen LogP contribution in [0.15, 0.2) is 49.2 Å². The number of aryl methyl sites for hydroxylation is 2. The zero-order chi connectivity index (χ0) is 27.8. The average Bonchev–Trinajstić information content (AvgIpc) is 3.18. The lowest BCUT2D eigenvalue weighted by Gasteiger charge is -2.54. The maximum absolute atomic E-state index is 13.1. The van der Waals surface area contributed by atoms with Crippen molar-refractivity contribution in [3.05, 3.63) is 71.6 Å². The van der Waals surface area contributed by atoms with Crippen LogP contribution in [-0.2, 0) is 15.9 Å². The Bertz CT molecular complexity index is 1360. The summed E-state index contributed by atoms with van der Waals surface area (Å²) in [4.78, 5) is 30.0. The summed E-state index contributed by atoms with van der Waals surface area (Å²) in [7, 11) is 0. The fourth-order valence-electron chi connectivity index (χ4n) is 7.40. The van der Waals surface area contributed by atoms with Crippen LogP contribution in [0.2, 0.25) is 0 Å². The van der Waals surface area contributed by atoms with E-state index < -0.39 is 23.3 Å². The van der Waals surface area contributed by atoms with Crippen molar-refractivity contribution in [1.82, 2.24) is 4.98 Å². The molecule has 2 N–H and O–H groups in total. The van der Waals surface area contributed by atoms with Gasteiger partial charge in [0.05, 0.1) is 11.4 Å². The summed E-state index contributed by atoms with van der Waals surface area (Å²) in [5.41, 5.74) is 2.56. The Kier molecular flexibility index (Phi) is 7.26. The lowest BCUT2D eigenvalue weighted by atomic mass is 9.52. The summed E-state index contributed by atoms with van der Waals surface area (Å²) >= 11 is 0. The summed E-state index contributed by atoms with van der Waals surface area (Å²) in [6, 6.07) is 9.44. The highest BCUT2D eigenvalue weighted by Crippen LogP contribution is 2.64. The molecule has 2 fully saturated rings. The van der Waals surface area contributed by atoms with Crippen molar-refractivity contribution in [2.75, 3.05) is 11.9 Å². The molecule has 2 saturated carbocycles. The maximum atomic E-state index is 13.1. The molecule has 1 heterocycles. The van der Waals surface area contributed by atoms with Gasteiger partial charge in [-0.25, -0.2) is 4.79 Å².